The summed E-state index contributed by atoms with van der Waals surface area (Å²) >= 11 is 0. The van der Waals surface area contributed by atoms with E-state index in [0.29, 0.717) is 0 Å². The minimum atomic E-state index is -0.0281. The lowest BCUT2D eigenvalue weighted by Crippen LogP contribution is -2.17. The van der Waals surface area contributed by atoms with E-state index < -0.39 is 0 Å². The highest BCUT2D eigenvalue weighted by atomic mass is 15.1. The van der Waals surface area contributed by atoms with E-state index in [9.17, 15) is 0 Å². The first-order chi connectivity index (χ1) is 9.51. The van der Waals surface area contributed by atoms with Crippen molar-refractivity contribution in [2.24, 2.45) is 5.73 Å². The number of nitrogens with two attached hydrogens (primary N) is 1. The molecule has 0 fully saturated rings. The third-order valence-electron chi connectivity index (χ3n) is 3.70. The van der Waals surface area contributed by atoms with Gasteiger partial charge in [0.1, 0.15) is 0 Å². The Morgan fingerprint density at radius 1 is 1.10 bits per heavy atom. The quantitative estimate of drug-likeness (QED) is 0.927. The van der Waals surface area contributed by atoms with Crippen LogP contribution in [0.1, 0.15) is 46.6 Å². The van der Waals surface area contributed by atoms with Crippen LogP contribution in [0.4, 0.5) is 0 Å². The normalized spacial score (nSPS) is 12.4. The predicted molar refractivity (Wildman–Crippen MR) is 82.7 cm³/mol. The zero-order chi connectivity index (χ0) is 14.7. The topological polar surface area (TPSA) is 51.8 Å². The van der Waals surface area contributed by atoms with Gasteiger partial charge in [0.2, 0.25) is 0 Å². The standard InChI is InChI=1S/C17H23N3/c1-5-17-15(9-13(4)19-20-17)16(18)10-14-8-11(2)6-7-12(14)3/h6-9,16H,5,10,18H2,1-4H3. The number of aromatic nitrogens is 2. The van der Waals surface area contributed by atoms with Gasteiger partial charge in [-0.25, -0.2) is 0 Å². The average Bonchev–Trinajstić information content (AvgIpc) is 2.42. The number of hydrogen-bond acceptors (Lipinski definition) is 3. The third kappa shape index (κ3) is 3.23. The van der Waals surface area contributed by atoms with Crippen molar-refractivity contribution in [3.05, 3.63) is 57.9 Å². The summed E-state index contributed by atoms with van der Waals surface area (Å²) in [6, 6.07) is 8.57. The average molecular weight is 269 g/mol. The van der Waals surface area contributed by atoms with Gasteiger partial charge in [-0.2, -0.15) is 10.2 Å². The summed E-state index contributed by atoms with van der Waals surface area (Å²) in [4.78, 5) is 0. The van der Waals surface area contributed by atoms with E-state index in [1.54, 1.807) is 0 Å². The summed E-state index contributed by atoms with van der Waals surface area (Å²) in [7, 11) is 0. The van der Waals surface area contributed by atoms with Crippen LogP contribution in [0.2, 0.25) is 0 Å². The van der Waals surface area contributed by atoms with Gasteiger partial charge in [-0.15, -0.1) is 0 Å². The van der Waals surface area contributed by atoms with Crippen LogP contribution in [-0.4, -0.2) is 10.2 Å². The highest BCUT2D eigenvalue weighted by Crippen LogP contribution is 2.22. The van der Waals surface area contributed by atoms with Crippen LogP contribution in [0.3, 0.4) is 0 Å². The molecule has 0 bridgehead atoms. The molecular weight excluding hydrogens is 246 g/mol. The van der Waals surface area contributed by atoms with Gasteiger partial charge in [0, 0.05) is 6.04 Å². The first-order valence-corrected chi connectivity index (χ1v) is 7.16. The minimum Gasteiger partial charge on any atom is -0.324 e. The molecule has 106 valence electrons. The Balaban J connectivity index is 2.30. The fraction of sp³-hybridized carbons (Fsp3) is 0.412. The second-order valence-corrected chi connectivity index (χ2v) is 5.48. The molecule has 2 aromatic rings. The molecule has 0 spiro atoms. The Kier molecular flexibility index (Phi) is 4.50. The van der Waals surface area contributed by atoms with E-state index in [-0.39, 0.29) is 6.04 Å². The molecule has 0 aliphatic heterocycles. The molecule has 1 unspecified atom stereocenters. The summed E-state index contributed by atoms with van der Waals surface area (Å²) in [5, 5.41) is 8.40. The Hall–Kier alpha value is -1.74. The number of benzene rings is 1. The van der Waals surface area contributed by atoms with Gasteiger partial charge < -0.3 is 5.73 Å². The summed E-state index contributed by atoms with van der Waals surface area (Å²) in [5.41, 5.74) is 13.4. The van der Waals surface area contributed by atoms with Gasteiger partial charge in [-0.1, -0.05) is 30.7 Å². The molecule has 3 heteroatoms. The Morgan fingerprint density at radius 2 is 1.85 bits per heavy atom. The van der Waals surface area contributed by atoms with E-state index >= 15 is 0 Å². The SMILES string of the molecule is CCc1nnc(C)cc1C(N)Cc1cc(C)ccc1C. The fourth-order valence-corrected chi connectivity index (χ4v) is 2.50. The molecular formula is C17H23N3. The summed E-state index contributed by atoms with van der Waals surface area (Å²) in [5.74, 6) is 0. The predicted octanol–water partition coefficient (Wildman–Crippen LogP) is 3.21. The van der Waals surface area contributed by atoms with Crippen LogP contribution < -0.4 is 5.73 Å². The van der Waals surface area contributed by atoms with E-state index in [1.807, 2.05) is 6.92 Å². The molecule has 1 aromatic carbocycles. The Bertz CT molecular complexity index is 605. The van der Waals surface area contributed by atoms with Crippen LogP contribution in [0.15, 0.2) is 24.3 Å². The number of aryl methyl sites for hydroxylation is 4. The van der Waals surface area contributed by atoms with Gasteiger partial charge in [-0.3, -0.25) is 0 Å². The highest BCUT2D eigenvalue weighted by molar-refractivity contribution is 5.33. The summed E-state index contributed by atoms with van der Waals surface area (Å²) in [6.07, 6.45) is 1.70. The maximum atomic E-state index is 6.42. The smallest absolute Gasteiger partial charge is 0.0676 e. The van der Waals surface area contributed by atoms with Gasteiger partial charge in [0.15, 0.2) is 0 Å². The van der Waals surface area contributed by atoms with Gasteiger partial charge in [0.05, 0.1) is 11.4 Å². The fourth-order valence-electron chi connectivity index (χ4n) is 2.50. The molecule has 0 radical (unpaired) electrons. The first kappa shape index (κ1) is 14.7. The molecule has 20 heavy (non-hydrogen) atoms. The third-order valence-corrected chi connectivity index (χ3v) is 3.70. The minimum absolute atomic E-state index is 0.0281. The zero-order valence-corrected chi connectivity index (χ0v) is 12.8. The van der Waals surface area contributed by atoms with Crippen molar-refractivity contribution in [2.45, 2.75) is 46.6 Å². The lowest BCUT2D eigenvalue weighted by atomic mass is 9.94. The van der Waals surface area contributed by atoms with Crippen molar-refractivity contribution in [3.63, 3.8) is 0 Å². The molecule has 0 amide bonds. The molecule has 0 aliphatic carbocycles. The maximum Gasteiger partial charge on any atom is 0.0676 e. The first-order valence-electron chi connectivity index (χ1n) is 7.16. The lowest BCUT2D eigenvalue weighted by Gasteiger charge is -2.17. The van der Waals surface area contributed by atoms with Crippen molar-refractivity contribution < 1.29 is 0 Å². The maximum absolute atomic E-state index is 6.42. The van der Waals surface area contributed by atoms with Crippen molar-refractivity contribution in [2.75, 3.05) is 0 Å². The Labute approximate surface area is 121 Å². The van der Waals surface area contributed by atoms with E-state index in [1.165, 1.54) is 16.7 Å². The monoisotopic (exact) mass is 269 g/mol. The van der Waals surface area contributed by atoms with Crippen LogP contribution in [0, 0.1) is 20.8 Å². The number of hydrogen-bond donors (Lipinski definition) is 1. The van der Waals surface area contributed by atoms with Crippen molar-refractivity contribution in [3.8, 4) is 0 Å². The molecule has 3 nitrogen and oxygen atoms in total. The van der Waals surface area contributed by atoms with Crippen LogP contribution >= 0.6 is 0 Å². The van der Waals surface area contributed by atoms with E-state index in [2.05, 4.69) is 55.2 Å². The Morgan fingerprint density at radius 3 is 2.55 bits per heavy atom. The van der Waals surface area contributed by atoms with Crippen molar-refractivity contribution in [1.29, 1.82) is 0 Å². The molecule has 0 saturated carbocycles. The second-order valence-electron chi connectivity index (χ2n) is 5.48. The van der Waals surface area contributed by atoms with E-state index in [4.69, 9.17) is 5.73 Å². The molecule has 1 aromatic heterocycles. The molecule has 2 rings (SSSR count). The van der Waals surface area contributed by atoms with Crippen LogP contribution in [-0.2, 0) is 12.8 Å². The van der Waals surface area contributed by atoms with Gasteiger partial charge in [0.25, 0.3) is 0 Å². The van der Waals surface area contributed by atoms with Crippen LogP contribution in [0.5, 0.6) is 0 Å². The highest BCUT2D eigenvalue weighted by Gasteiger charge is 2.14. The zero-order valence-electron chi connectivity index (χ0n) is 12.8. The molecule has 1 atom stereocenters. The molecule has 2 N–H and O–H groups in total. The molecule has 0 saturated heterocycles. The van der Waals surface area contributed by atoms with E-state index in [0.717, 1.165) is 29.8 Å². The van der Waals surface area contributed by atoms with Crippen molar-refractivity contribution >= 4 is 0 Å². The second kappa shape index (κ2) is 6.14. The largest absolute Gasteiger partial charge is 0.324 e. The number of rotatable bonds is 4. The lowest BCUT2D eigenvalue weighted by molar-refractivity contribution is 0.689. The number of nitrogens with zero attached hydrogens (tertiary/aromatic N) is 2. The molecule has 1 heterocycles. The summed E-state index contributed by atoms with van der Waals surface area (Å²) in [6.45, 7) is 8.30. The summed E-state index contributed by atoms with van der Waals surface area (Å²) < 4.78 is 0. The van der Waals surface area contributed by atoms with Gasteiger partial charge >= 0.3 is 0 Å². The van der Waals surface area contributed by atoms with Crippen LogP contribution in [0.25, 0.3) is 0 Å². The molecule has 0 aliphatic rings. The van der Waals surface area contributed by atoms with Crippen molar-refractivity contribution in [1.82, 2.24) is 10.2 Å². The van der Waals surface area contributed by atoms with Gasteiger partial charge in [-0.05, 0) is 56.4 Å².